The van der Waals surface area contributed by atoms with Crippen LogP contribution in [0.3, 0.4) is 0 Å². The van der Waals surface area contributed by atoms with Crippen LogP contribution in [0.25, 0.3) is 22.5 Å². The predicted octanol–water partition coefficient (Wildman–Crippen LogP) is 3.75. The molecule has 1 N–H and O–H groups in total. The maximum absolute atomic E-state index is 6.52. The first-order valence-corrected chi connectivity index (χ1v) is 11.6. The standard InChI is InChI=1S/C24H28N8O3/c1-5-15-8-10-34-24-17(13-27-32(24)4)22-25-9-7-20(29-22)28-21-11-19(35-15)16(12-26-21)18-14-31(3)30-23(18)33-6-2/h7,9,11-15H,5-6,8,10H2,1-4H3,(H,25,26,28,29). The second-order valence-electron chi connectivity index (χ2n) is 8.18. The number of hydrogen-bond donors (Lipinski definition) is 1. The van der Waals surface area contributed by atoms with Crippen LogP contribution in [0.1, 0.15) is 26.7 Å². The Morgan fingerprint density at radius 3 is 2.83 bits per heavy atom. The molecule has 0 amide bonds. The molecule has 4 aromatic rings. The lowest BCUT2D eigenvalue weighted by Gasteiger charge is -2.21. The summed E-state index contributed by atoms with van der Waals surface area (Å²) < 4.78 is 21.8. The summed E-state index contributed by atoms with van der Waals surface area (Å²) in [5, 5.41) is 12.1. The molecule has 4 aromatic heterocycles. The van der Waals surface area contributed by atoms with Crippen LogP contribution in [0.5, 0.6) is 17.5 Å². The van der Waals surface area contributed by atoms with Gasteiger partial charge < -0.3 is 19.5 Å². The van der Waals surface area contributed by atoms with Gasteiger partial charge in [0.25, 0.3) is 0 Å². The zero-order valence-electron chi connectivity index (χ0n) is 20.2. The molecule has 0 saturated heterocycles. The van der Waals surface area contributed by atoms with Gasteiger partial charge in [-0.3, -0.25) is 4.68 Å². The summed E-state index contributed by atoms with van der Waals surface area (Å²) in [7, 11) is 3.70. The molecule has 11 heteroatoms. The molecule has 5 heterocycles. The monoisotopic (exact) mass is 476 g/mol. The van der Waals surface area contributed by atoms with Crippen LogP contribution in [0.4, 0.5) is 11.6 Å². The van der Waals surface area contributed by atoms with E-state index < -0.39 is 0 Å². The van der Waals surface area contributed by atoms with Crippen molar-refractivity contribution < 1.29 is 14.2 Å². The molecule has 35 heavy (non-hydrogen) atoms. The molecule has 4 bridgehead atoms. The highest BCUT2D eigenvalue weighted by Gasteiger charge is 2.21. The van der Waals surface area contributed by atoms with Gasteiger partial charge in [-0.25, -0.2) is 19.6 Å². The van der Waals surface area contributed by atoms with E-state index >= 15 is 0 Å². The molecule has 0 fully saturated rings. The third kappa shape index (κ3) is 4.61. The maximum atomic E-state index is 6.52. The molecule has 0 radical (unpaired) electrons. The van der Waals surface area contributed by atoms with E-state index in [2.05, 4.69) is 37.4 Å². The minimum Gasteiger partial charge on any atom is -0.489 e. The van der Waals surface area contributed by atoms with Gasteiger partial charge >= 0.3 is 0 Å². The topological polar surface area (TPSA) is 114 Å². The van der Waals surface area contributed by atoms with E-state index in [1.807, 2.05) is 33.3 Å². The van der Waals surface area contributed by atoms with Crippen LogP contribution in [0, 0.1) is 0 Å². The molecule has 1 aliphatic heterocycles. The van der Waals surface area contributed by atoms with Crippen LogP contribution < -0.4 is 19.5 Å². The number of fused-ring (bicyclic) bond motifs is 6. The van der Waals surface area contributed by atoms with E-state index in [1.165, 1.54) is 0 Å². The van der Waals surface area contributed by atoms with Crippen LogP contribution in [-0.2, 0) is 14.1 Å². The van der Waals surface area contributed by atoms with Gasteiger partial charge in [-0.1, -0.05) is 6.92 Å². The highest BCUT2D eigenvalue weighted by Crippen LogP contribution is 2.38. The molecule has 182 valence electrons. The van der Waals surface area contributed by atoms with Gasteiger partial charge in [0.1, 0.15) is 29.1 Å². The first-order valence-electron chi connectivity index (χ1n) is 11.6. The number of rotatable bonds is 4. The second-order valence-corrected chi connectivity index (χ2v) is 8.18. The fourth-order valence-corrected chi connectivity index (χ4v) is 3.95. The van der Waals surface area contributed by atoms with Crippen molar-refractivity contribution in [2.75, 3.05) is 18.5 Å². The Morgan fingerprint density at radius 1 is 1.11 bits per heavy atom. The number of aryl methyl sites for hydroxylation is 2. The summed E-state index contributed by atoms with van der Waals surface area (Å²) in [5.41, 5.74) is 2.35. The number of hydrogen-bond acceptors (Lipinski definition) is 9. The van der Waals surface area contributed by atoms with Crippen molar-refractivity contribution >= 4 is 11.6 Å². The molecular formula is C24H28N8O3. The Balaban J connectivity index is 1.59. The number of ether oxygens (including phenoxy) is 3. The summed E-state index contributed by atoms with van der Waals surface area (Å²) in [5.74, 6) is 3.55. The maximum Gasteiger partial charge on any atom is 0.240 e. The van der Waals surface area contributed by atoms with E-state index in [0.717, 1.165) is 23.1 Å². The molecule has 0 saturated carbocycles. The molecule has 1 unspecified atom stereocenters. The summed E-state index contributed by atoms with van der Waals surface area (Å²) >= 11 is 0. The summed E-state index contributed by atoms with van der Waals surface area (Å²) in [6.07, 6.45) is 8.49. The summed E-state index contributed by atoms with van der Waals surface area (Å²) in [4.78, 5) is 13.7. The van der Waals surface area contributed by atoms with Crippen molar-refractivity contribution in [2.45, 2.75) is 32.8 Å². The quantitative estimate of drug-likeness (QED) is 0.470. The number of aromatic nitrogens is 7. The van der Waals surface area contributed by atoms with Crippen molar-refractivity contribution in [3.05, 3.63) is 36.9 Å². The number of anilines is 2. The first-order chi connectivity index (χ1) is 17.1. The van der Waals surface area contributed by atoms with E-state index in [1.54, 1.807) is 34.0 Å². The molecule has 11 nitrogen and oxygen atoms in total. The van der Waals surface area contributed by atoms with Gasteiger partial charge in [-0.2, -0.15) is 5.10 Å². The summed E-state index contributed by atoms with van der Waals surface area (Å²) in [6, 6.07) is 3.66. The molecular weight excluding hydrogens is 448 g/mol. The molecule has 5 rings (SSSR count). The van der Waals surface area contributed by atoms with Gasteiger partial charge in [0.2, 0.25) is 11.8 Å². The zero-order valence-corrected chi connectivity index (χ0v) is 20.2. The van der Waals surface area contributed by atoms with Crippen molar-refractivity contribution in [1.82, 2.24) is 34.5 Å². The van der Waals surface area contributed by atoms with Crippen LogP contribution >= 0.6 is 0 Å². The van der Waals surface area contributed by atoms with E-state index in [9.17, 15) is 0 Å². The van der Waals surface area contributed by atoms with Crippen molar-refractivity contribution in [1.29, 1.82) is 0 Å². The van der Waals surface area contributed by atoms with E-state index in [4.69, 9.17) is 14.2 Å². The van der Waals surface area contributed by atoms with Crippen molar-refractivity contribution in [3.63, 3.8) is 0 Å². The average molecular weight is 477 g/mol. The lowest BCUT2D eigenvalue weighted by molar-refractivity contribution is 0.155. The molecule has 1 atom stereocenters. The molecule has 1 aliphatic rings. The normalized spacial score (nSPS) is 15.3. The highest BCUT2D eigenvalue weighted by atomic mass is 16.5. The third-order valence-electron chi connectivity index (χ3n) is 5.70. The van der Waals surface area contributed by atoms with Crippen LogP contribution in [0.15, 0.2) is 36.9 Å². The minimum absolute atomic E-state index is 0.0788. The Hall–Kier alpha value is -4.15. The number of nitrogens with one attached hydrogen (secondary N) is 1. The molecule has 0 aliphatic carbocycles. The van der Waals surface area contributed by atoms with E-state index in [-0.39, 0.29) is 6.10 Å². The Morgan fingerprint density at radius 2 is 2.00 bits per heavy atom. The van der Waals surface area contributed by atoms with Gasteiger partial charge in [-0.15, -0.1) is 5.10 Å². The summed E-state index contributed by atoms with van der Waals surface area (Å²) in [6.45, 7) is 4.99. The van der Waals surface area contributed by atoms with E-state index in [0.29, 0.717) is 54.6 Å². The second kappa shape index (κ2) is 9.61. The fraction of sp³-hybridized carbons (Fsp3) is 0.375. The van der Waals surface area contributed by atoms with Gasteiger partial charge in [0.15, 0.2) is 5.82 Å². The molecule has 0 aromatic carbocycles. The van der Waals surface area contributed by atoms with Crippen LogP contribution in [-0.4, -0.2) is 53.8 Å². The first kappa shape index (κ1) is 22.6. The average Bonchev–Trinajstić information content (AvgIpc) is 3.40. The van der Waals surface area contributed by atoms with Crippen LogP contribution in [0.2, 0.25) is 0 Å². The largest absolute Gasteiger partial charge is 0.489 e. The zero-order chi connectivity index (χ0) is 24.4. The highest BCUT2D eigenvalue weighted by molar-refractivity contribution is 5.75. The lowest BCUT2D eigenvalue weighted by atomic mass is 10.1. The SMILES string of the molecule is CCOc1nn(C)cc1-c1cnc2cc1OC(CC)CCOc1c(cnn1C)-c1nccc(n1)N2. The Kier molecular flexibility index (Phi) is 6.21. The number of pyridine rings is 1. The number of nitrogens with zero attached hydrogens (tertiary/aromatic N) is 7. The lowest BCUT2D eigenvalue weighted by Crippen LogP contribution is -2.20. The van der Waals surface area contributed by atoms with Gasteiger partial charge in [-0.05, 0) is 19.4 Å². The van der Waals surface area contributed by atoms with Crippen molar-refractivity contribution in [3.8, 4) is 40.0 Å². The molecule has 0 spiro atoms. The fourth-order valence-electron chi connectivity index (χ4n) is 3.95. The Bertz CT molecular complexity index is 1330. The van der Waals surface area contributed by atoms with Crippen molar-refractivity contribution in [2.24, 2.45) is 14.1 Å². The van der Waals surface area contributed by atoms with Gasteiger partial charge in [0.05, 0.1) is 25.0 Å². The smallest absolute Gasteiger partial charge is 0.240 e. The minimum atomic E-state index is -0.0788. The van der Waals surface area contributed by atoms with Gasteiger partial charge in [0, 0.05) is 50.7 Å². The predicted molar refractivity (Wildman–Crippen MR) is 130 cm³/mol. The third-order valence-corrected chi connectivity index (χ3v) is 5.70. The Labute approximate surface area is 203 Å².